The van der Waals surface area contributed by atoms with Crippen molar-refractivity contribution in [2.24, 2.45) is 0 Å². The molecule has 6 N–H and O–H groups in total. The Morgan fingerprint density at radius 3 is 2.24 bits per heavy atom. The van der Waals surface area contributed by atoms with E-state index in [2.05, 4.69) is 13.1 Å². The summed E-state index contributed by atoms with van der Waals surface area (Å²) in [7, 11) is -16.9. The fraction of sp³-hybridized carbons (Fsp3) is 0.412. The van der Waals surface area contributed by atoms with Crippen LogP contribution in [0.25, 0.3) is 0 Å². The van der Waals surface area contributed by atoms with Crippen LogP contribution in [-0.4, -0.2) is 63.8 Å². The van der Waals surface area contributed by atoms with Crippen molar-refractivity contribution in [3.63, 3.8) is 0 Å². The number of rotatable bonds is 11. The fourth-order valence-electron chi connectivity index (χ4n) is 3.43. The number of nitrogens with zero attached hydrogens (tertiary/aromatic N) is 2. The number of hydrogen-bond donors (Lipinski definition) is 6. The van der Waals surface area contributed by atoms with Crippen molar-refractivity contribution in [3.8, 4) is 0 Å². The second-order valence-electron chi connectivity index (χ2n) is 7.77. The minimum absolute atomic E-state index is 0.0942. The highest BCUT2D eigenvalue weighted by Crippen LogP contribution is 2.66. The lowest BCUT2D eigenvalue weighted by molar-refractivity contribution is -0.0548. The summed E-state index contributed by atoms with van der Waals surface area (Å²) in [6.07, 6.45) is -5.64. The highest BCUT2D eigenvalue weighted by Gasteiger charge is 2.46. The van der Waals surface area contributed by atoms with E-state index in [-0.39, 0.29) is 13.0 Å². The van der Waals surface area contributed by atoms with Gasteiger partial charge in [-0.15, -0.1) is 0 Å². The molecule has 0 amide bonds. The van der Waals surface area contributed by atoms with Crippen LogP contribution in [-0.2, 0) is 44.5 Å². The van der Waals surface area contributed by atoms with Crippen molar-refractivity contribution >= 4 is 35.1 Å². The van der Waals surface area contributed by atoms with E-state index in [1.807, 2.05) is 0 Å². The summed E-state index contributed by atoms with van der Waals surface area (Å²) in [6.45, 7) is -1.16. The Balaban J connectivity index is 1.72. The summed E-state index contributed by atoms with van der Waals surface area (Å²) in [4.78, 5) is 61.1. The molecule has 1 fully saturated rings. The Bertz CT molecular complexity index is 1420. The average Bonchev–Trinajstić information content (AvgIpc) is 3.05. The van der Waals surface area contributed by atoms with Crippen molar-refractivity contribution in [1.29, 1.82) is 0 Å². The molecule has 0 aliphatic carbocycles. The van der Waals surface area contributed by atoms with Crippen LogP contribution in [0, 0.1) is 0 Å². The molecule has 0 spiro atoms. The van der Waals surface area contributed by atoms with E-state index in [1.165, 1.54) is 0 Å². The topological polar surface area (TPSA) is 254 Å². The van der Waals surface area contributed by atoms with Crippen molar-refractivity contribution < 1.29 is 61.4 Å². The predicted molar refractivity (Wildman–Crippen MR) is 126 cm³/mol. The first-order valence-electron chi connectivity index (χ1n) is 10.3. The van der Waals surface area contributed by atoms with Crippen LogP contribution in [0.3, 0.4) is 0 Å². The molecular formula is C17H22ClN2O15P3. The quantitative estimate of drug-likeness (QED) is 0.178. The summed E-state index contributed by atoms with van der Waals surface area (Å²) < 4.78 is 52.6. The van der Waals surface area contributed by atoms with Crippen LogP contribution >= 0.6 is 35.1 Å². The van der Waals surface area contributed by atoms with E-state index in [4.69, 9.17) is 26.1 Å². The molecule has 212 valence electrons. The monoisotopic (exact) mass is 622 g/mol. The van der Waals surface area contributed by atoms with Gasteiger partial charge in [-0.3, -0.25) is 18.5 Å². The number of benzene rings is 1. The van der Waals surface area contributed by atoms with Gasteiger partial charge in [0.2, 0.25) is 0 Å². The van der Waals surface area contributed by atoms with Crippen molar-refractivity contribution in [2.75, 3.05) is 6.61 Å². The van der Waals surface area contributed by atoms with Crippen LogP contribution in [0.15, 0.2) is 46.1 Å². The van der Waals surface area contributed by atoms with Gasteiger partial charge in [0.1, 0.15) is 18.3 Å². The second-order valence-corrected chi connectivity index (χ2v) is 12.6. The maximum atomic E-state index is 13.0. The molecule has 1 aliphatic rings. The van der Waals surface area contributed by atoms with Gasteiger partial charge < -0.3 is 34.5 Å². The van der Waals surface area contributed by atoms with Crippen molar-refractivity contribution in [3.05, 3.63) is 68.0 Å². The van der Waals surface area contributed by atoms with Gasteiger partial charge in [0.05, 0.1) is 6.61 Å². The summed E-state index contributed by atoms with van der Waals surface area (Å²) >= 11 is 6.10. The van der Waals surface area contributed by atoms with E-state index in [0.717, 1.165) is 21.4 Å². The third-order valence-electron chi connectivity index (χ3n) is 5.09. The van der Waals surface area contributed by atoms with E-state index < -0.39 is 65.9 Å². The number of aryl methyl sites for hydroxylation is 1. The molecule has 0 saturated carbocycles. The summed E-state index contributed by atoms with van der Waals surface area (Å²) in [5.41, 5.74) is -0.931. The normalized spacial score (nSPS) is 25.1. The Hall–Kier alpha value is -1.52. The third kappa shape index (κ3) is 8.01. The molecular weight excluding hydrogens is 601 g/mol. The SMILES string of the molecule is O=c1ccn([C@@H]2O[C@H](COP(=O)(O)OP(=O)(O)OP(=O)(O)O)[C@H](O)[C@@H]2O)c(=O)n1CCc1ccccc1Cl. The highest BCUT2D eigenvalue weighted by molar-refractivity contribution is 7.66. The molecule has 0 bridgehead atoms. The Morgan fingerprint density at radius 2 is 1.61 bits per heavy atom. The number of aliphatic hydroxyl groups is 2. The first-order chi connectivity index (χ1) is 17.5. The van der Waals surface area contributed by atoms with E-state index >= 15 is 0 Å². The standard InChI is InChI=1S/C17H22ClN2O15P3/c18-11-4-2-1-3-10(11)5-7-19-13(21)6-8-20(17(19)24)16-15(23)14(22)12(33-16)9-32-37(28,29)35-38(30,31)34-36(25,26)27/h1-4,6,8,12,14-16,22-23H,5,7,9H2,(H,28,29)(H,30,31)(H2,25,26,27)/t12-,14+,15+,16-/m1/s1. The third-order valence-corrected chi connectivity index (χ3v) is 9.26. The number of aliphatic hydroxyl groups excluding tert-OH is 2. The van der Waals surface area contributed by atoms with Crippen LogP contribution in [0.4, 0.5) is 0 Å². The van der Waals surface area contributed by atoms with E-state index in [0.29, 0.717) is 10.6 Å². The first kappa shape index (κ1) is 31.0. The van der Waals surface area contributed by atoms with Gasteiger partial charge >= 0.3 is 29.2 Å². The van der Waals surface area contributed by atoms with Crippen LogP contribution in [0.1, 0.15) is 11.8 Å². The number of ether oxygens (including phenoxy) is 1. The van der Waals surface area contributed by atoms with Gasteiger partial charge in [-0.05, 0) is 18.1 Å². The summed E-state index contributed by atoms with van der Waals surface area (Å²) in [5.74, 6) is 0. The second kappa shape index (κ2) is 11.9. The molecule has 1 saturated heterocycles. The van der Waals surface area contributed by atoms with Gasteiger partial charge in [0.25, 0.3) is 5.56 Å². The smallest absolute Gasteiger partial charge is 0.387 e. The average molecular weight is 623 g/mol. The maximum Gasteiger partial charge on any atom is 0.490 e. The van der Waals surface area contributed by atoms with Crippen LogP contribution < -0.4 is 11.2 Å². The van der Waals surface area contributed by atoms with Crippen molar-refractivity contribution in [2.45, 2.75) is 37.5 Å². The zero-order valence-corrected chi connectivity index (χ0v) is 22.3. The number of hydrogen-bond acceptors (Lipinski definition) is 11. The molecule has 3 rings (SSSR count). The molecule has 21 heteroatoms. The molecule has 1 aromatic heterocycles. The molecule has 17 nitrogen and oxygen atoms in total. The van der Waals surface area contributed by atoms with Gasteiger partial charge in [0, 0.05) is 23.8 Å². The van der Waals surface area contributed by atoms with Gasteiger partial charge in [0.15, 0.2) is 6.23 Å². The van der Waals surface area contributed by atoms with Crippen LogP contribution in [0.5, 0.6) is 0 Å². The number of phosphoric ester groups is 1. The Morgan fingerprint density at radius 1 is 0.947 bits per heavy atom. The molecule has 2 heterocycles. The Labute approximate surface area is 217 Å². The maximum absolute atomic E-state index is 13.0. The molecule has 1 aliphatic heterocycles. The lowest BCUT2D eigenvalue weighted by Gasteiger charge is -2.19. The highest BCUT2D eigenvalue weighted by atomic mass is 35.5. The number of phosphoric acid groups is 3. The van der Waals surface area contributed by atoms with Gasteiger partial charge in [-0.25, -0.2) is 18.5 Å². The molecule has 2 aromatic rings. The predicted octanol–water partition coefficient (Wildman–Crippen LogP) is -0.131. The lowest BCUT2D eigenvalue weighted by Crippen LogP contribution is -2.43. The van der Waals surface area contributed by atoms with E-state index in [9.17, 15) is 43.3 Å². The molecule has 2 unspecified atom stereocenters. The minimum atomic E-state index is -5.77. The zero-order chi connectivity index (χ0) is 28.5. The lowest BCUT2D eigenvalue weighted by atomic mass is 10.1. The van der Waals surface area contributed by atoms with E-state index in [1.54, 1.807) is 24.3 Å². The van der Waals surface area contributed by atoms with Crippen molar-refractivity contribution in [1.82, 2.24) is 9.13 Å². The molecule has 1 aromatic carbocycles. The minimum Gasteiger partial charge on any atom is -0.387 e. The Kier molecular flexibility index (Phi) is 9.73. The van der Waals surface area contributed by atoms with Crippen LogP contribution in [0.2, 0.25) is 5.02 Å². The molecule has 6 atom stereocenters. The fourth-order valence-corrected chi connectivity index (χ4v) is 6.69. The van der Waals surface area contributed by atoms with Gasteiger partial charge in [-0.2, -0.15) is 8.62 Å². The van der Waals surface area contributed by atoms with Gasteiger partial charge in [-0.1, -0.05) is 29.8 Å². The number of aromatic nitrogens is 2. The number of halogens is 1. The summed E-state index contributed by atoms with van der Waals surface area (Å²) in [5, 5.41) is 21.1. The molecule has 0 radical (unpaired) electrons. The largest absolute Gasteiger partial charge is 0.490 e. The first-order valence-corrected chi connectivity index (χ1v) is 15.2. The zero-order valence-electron chi connectivity index (χ0n) is 18.9. The molecule has 38 heavy (non-hydrogen) atoms. The summed E-state index contributed by atoms with van der Waals surface area (Å²) in [6, 6.07) is 7.78.